The summed E-state index contributed by atoms with van der Waals surface area (Å²) in [6.45, 7) is 2.15. The minimum Gasteiger partial charge on any atom is -0.493 e. The van der Waals surface area contributed by atoms with Crippen LogP contribution in [0, 0.1) is 0 Å². The SMILES string of the molecule is COc1cc2c(cc1OCCCC(=O)Nc1cc(C(=O)Nc3ccc(-c4cc(C(=O)NCCNI)n(C)c4)cc3)n(C)c1)N=CC1CCCN1C2=O. The fourth-order valence-electron chi connectivity index (χ4n) is 6.32. The number of halogens is 1. The van der Waals surface area contributed by atoms with E-state index in [1.807, 2.05) is 65.4 Å². The van der Waals surface area contributed by atoms with Crippen molar-refractivity contribution in [3.8, 4) is 22.6 Å². The van der Waals surface area contributed by atoms with Crippen molar-refractivity contribution in [3.63, 3.8) is 0 Å². The first kappa shape index (κ1) is 36.6. The van der Waals surface area contributed by atoms with Gasteiger partial charge in [-0.3, -0.25) is 27.7 Å². The van der Waals surface area contributed by atoms with E-state index in [0.29, 0.717) is 71.6 Å². The topological polar surface area (TPSA) is 160 Å². The molecule has 1 atom stereocenters. The Kier molecular flexibility index (Phi) is 11.6. The standard InChI is InChI=1S/C37H41IN8O6/c1-44-21-24(16-30(44)35(48)39-12-13-41-38)23-8-10-25(11-9-23)43-36(49)31-17-26(22-45(31)2)42-34(47)7-5-15-52-33-19-29-28(18-32(33)51-3)37(50)46-14-4-6-27(46)20-40-29/h8-11,16-22,27,41H,4-7,12-15H2,1-3H3,(H,39,48)(H,42,47)(H,43,49). The van der Waals surface area contributed by atoms with Gasteiger partial charge in [-0.1, -0.05) is 12.1 Å². The highest BCUT2D eigenvalue weighted by atomic mass is 127. The summed E-state index contributed by atoms with van der Waals surface area (Å²) in [5.41, 5.74) is 4.84. The predicted octanol–water partition coefficient (Wildman–Crippen LogP) is 5.08. The van der Waals surface area contributed by atoms with Crippen LogP contribution < -0.4 is 29.0 Å². The maximum atomic E-state index is 13.1. The van der Waals surface area contributed by atoms with Gasteiger partial charge in [-0.15, -0.1) is 0 Å². The fourth-order valence-corrected chi connectivity index (χ4v) is 6.59. The number of rotatable bonds is 14. The Morgan fingerprint density at radius 3 is 2.44 bits per heavy atom. The van der Waals surface area contributed by atoms with Crippen molar-refractivity contribution in [2.75, 3.05) is 44.0 Å². The number of fused-ring (bicyclic) bond motifs is 2. The molecule has 2 aromatic carbocycles. The van der Waals surface area contributed by atoms with E-state index in [1.165, 1.54) is 7.11 Å². The van der Waals surface area contributed by atoms with Crippen molar-refractivity contribution < 1.29 is 28.7 Å². The summed E-state index contributed by atoms with van der Waals surface area (Å²) in [6.07, 6.45) is 7.87. The molecule has 4 amide bonds. The maximum Gasteiger partial charge on any atom is 0.272 e. The van der Waals surface area contributed by atoms with Crippen LogP contribution in [0.25, 0.3) is 11.1 Å². The van der Waals surface area contributed by atoms with Gasteiger partial charge in [0.1, 0.15) is 11.4 Å². The van der Waals surface area contributed by atoms with E-state index in [9.17, 15) is 19.2 Å². The first-order chi connectivity index (χ1) is 25.1. The van der Waals surface area contributed by atoms with Gasteiger partial charge in [-0.05, 0) is 55.2 Å². The first-order valence-corrected chi connectivity index (χ1v) is 18.1. The Morgan fingerprint density at radius 2 is 1.67 bits per heavy atom. The molecule has 2 aromatic heterocycles. The van der Waals surface area contributed by atoms with Crippen LogP contribution in [0.2, 0.25) is 0 Å². The molecule has 6 rings (SSSR count). The molecule has 0 spiro atoms. The highest BCUT2D eigenvalue weighted by molar-refractivity contribution is 14.1. The van der Waals surface area contributed by atoms with Crippen molar-refractivity contribution in [1.82, 2.24) is 22.9 Å². The van der Waals surface area contributed by atoms with Crippen LogP contribution in [0.4, 0.5) is 17.1 Å². The van der Waals surface area contributed by atoms with Gasteiger partial charge in [0.2, 0.25) is 5.91 Å². The highest BCUT2D eigenvalue weighted by Crippen LogP contribution is 2.38. The summed E-state index contributed by atoms with van der Waals surface area (Å²) in [5.74, 6) is 0.128. The Bertz CT molecular complexity index is 2000. The van der Waals surface area contributed by atoms with Crippen LogP contribution in [-0.2, 0) is 18.9 Å². The number of ether oxygens (including phenoxy) is 2. The number of nitrogens with one attached hydrogen (secondary N) is 4. The Hall–Kier alpha value is -5.16. The van der Waals surface area contributed by atoms with E-state index >= 15 is 0 Å². The second-order valence-corrected chi connectivity index (χ2v) is 13.4. The molecular formula is C37H41IN8O6. The lowest BCUT2D eigenvalue weighted by atomic mass is 10.1. The molecule has 1 saturated heterocycles. The average Bonchev–Trinajstić information content (AvgIpc) is 3.85. The number of aliphatic imine (C=N–C) groups is 1. The summed E-state index contributed by atoms with van der Waals surface area (Å²) in [4.78, 5) is 57.9. The van der Waals surface area contributed by atoms with E-state index < -0.39 is 0 Å². The highest BCUT2D eigenvalue weighted by Gasteiger charge is 2.32. The first-order valence-electron chi connectivity index (χ1n) is 17.0. The van der Waals surface area contributed by atoms with Crippen LogP contribution in [0.5, 0.6) is 11.5 Å². The summed E-state index contributed by atoms with van der Waals surface area (Å²) in [7, 11) is 5.08. The monoisotopic (exact) mass is 820 g/mol. The zero-order valence-corrected chi connectivity index (χ0v) is 31.4. The molecule has 52 heavy (non-hydrogen) atoms. The van der Waals surface area contributed by atoms with Gasteiger partial charge in [-0.2, -0.15) is 0 Å². The van der Waals surface area contributed by atoms with Crippen LogP contribution in [0.15, 0.2) is 65.9 Å². The van der Waals surface area contributed by atoms with Gasteiger partial charge in [0.05, 0.1) is 36.7 Å². The minimum atomic E-state index is -0.329. The number of methoxy groups -OCH3 is 1. The molecular weight excluding hydrogens is 779 g/mol. The van der Waals surface area contributed by atoms with Gasteiger partial charge in [0.15, 0.2) is 11.5 Å². The number of anilines is 2. The van der Waals surface area contributed by atoms with E-state index in [-0.39, 0.29) is 42.7 Å². The molecule has 0 saturated carbocycles. The van der Waals surface area contributed by atoms with Crippen LogP contribution in [-0.4, -0.2) is 83.3 Å². The van der Waals surface area contributed by atoms with Gasteiger partial charge in [0.25, 0.3) is 17.7 Å². The Balaban J connectivity index is 0.989. The molecule has 2 aliphatic rings. The zero-order chi connectivity index (χ0) is 36.8. The van der Waals surface area contributed by atoms with Crippen molar-refractivity contribution >= 4 is 69.8 Å². The van der Waals surface area contributed by atoms with E-state index in [0.717, 1.165) is 24.0 Å². The van der Waals surface area contributed by atoms with Gasteiger partial charge < -0.3 is 39.5 Å². The summed E-state index contributed by atoms with van der Waals surface area (Å²) >= 11 is 2.04. The Morgan fingerprint density at radius 1 is 0.904 bits per heavy atom. The van der Waals surface area contributed by atoms with Crippen LogP contribution >= 0.6 is 22.9 Å². The third kappa shape index (κ3) is 8.31. The lowest BCUT2D eigenvalue weighted by molar-refractivity contribution is -0.116. The fraction of sp³-hybridized carbons (Fsp3) is 0.324. The number of aromatic nitrogens is 2. The molecule has 1 unspecified atom stereocenters. The molecule has 272 valence electrons. The molecule has 4 N–H and O–H groups in total. The van der Waals surface area contributed by atoms with E-state index in [2.05, 4.69) is 24.5 Å². The van der Waals surface area contributed by atoms with Crippen molar-refractivity contribution in [2.24, 2.45) is 19.1 Å². The number of amides is 4. The molecule has 1 fully saturated rings. The second-order valence-electron chi connectivity index (χ2n) is 12.6. The molecule has 15 heteroatoms. The number of nitrogens with zero attached hydrogens (tertiary/aromatic N) is 4. The third-order valence-corrected chi connectivity index (χ3v) is 9.54. The van der Waals surface area contributed by atoms with Gasteiger partial charge in [0, 0.05) is 98.9 Å². The van der Waals surface area contributed by atoms with Gasteiger partial charge in [-0.25, -0.2) is 0 Å². The molecule has 0 aliphatic carbocycles. The largest absolute Gasteiger partial charge is 0.493 e. The third-order valence-electron chi connectivity index (χ3n) is 9.00. The maximum absolute atomic E-state index is 13.1. The smallest absolute Gasteiger partial charge is 0.272 e. The molecule has 0 bridgehead atoms. The molecule has 4 heterocycles. The quantitative estimate of drug-likeness (QED) is 0.0785. The summed E-state index contributed by atoms with van der Waals surface area (Å²) < 4.78 is 17.9. The van der Waals surface area contributed by atoms with E-state index in [1.54, 1.807) is 52.7 Å². The van der Waals surface area contributed by atoms with E-state index in [4.69, 9.17) is 9.47 Å². The number of benzene rings is 2. The zero-order valence-electron chi connectivity index (χ0n) is 29.2. The van der Waals surface area contributed by atoms with Crippen LogP contribution in [0.1, 0.15) is 57.0 Å². The lowest BCUT2D eigenvalue weighted by Crippen LogP contribution is -2.35. The second kappa shape index (κ2) is 16.5. The van der Waals surface area contributed by atoms with Crippen molar-refractivity contribution in [3.05, 3.63) is 77.9 Å². The molecule has 14 nitrogen and oxygen atoms in total. The number of hydrogen-bond acceptors (Lipinski definition) is 8. The summed E-state index contributed by atoms with van der Waals surface area (Å²) in [5, 5.41) is 8.64. The minimum absolute atomic E-state index is 0.00706. The lowest BCUT2D eigenvalue weighted by Gasteiger charge is -2.20. The van der Waals surface area contributed by atoms with Crippen LogP contribution in [0.3, 0.4) is 0 Å². The van der Waals surface area contributed by atoms with Crippen molar-refractivity contribution in [1.29, 1.82) is 0 Å². The Labute approximate surface area is 315 Å². The van der Waals surface area contributed by atoms with Gasteiger partial charge >= 0.3 is 0 Å². The molecule has 0 radical (unpaired) electrons. The number of carbonyl (C=O) groups excluding carboxylic acids is 4. The number of hydrogen-bond donors (Lipinski definition) is 4. The number of carbonyl (C=O) groups is 4. The van der Waals surface area contributed by atoms with Crippen molar-refractivity contribution in [2.45, 2.75) is 31.7 Å². The number of aryl methyl sites for hydroxylation is 2. The normalized spacial score (nSPS) is 14.7. The molecule has 4 aromatic rings. The predicted molar refractivity (Wildman–Crippen MR) is 207 cm³/mol. The summed E-state index contributed by atoms with van der Waals surface area (Å²) in [6, 6.07) is 14.2. The average molecular weight is 821 g/mol. The molecule has 2 aliphatic heterocycles.